The number of pyridine rings is 1. The molecule has 0 fully saturated rings. The molecule has 2 aromatic heterocycles. The largest absolute Gasteiger partial charge is 0.236 e. The molecule has 0 saturated carbocycles. The third kappa shape index (κ3) is 1.93. The van der Waals surface area contributed by atoms with Crippen molar-refractivity contribution < 1.29 is 4.57 Å². The van der Waals surface area contributed by atoms with Crippen molar-refractivity contribution in [3.8, 4) is 10.6 Å². The molecule has 102 valence electrons. The number of hydrogen-bond donors (Lipinski definition) is 0. The Hall–Kier alpha value is -2.26. The maximum Gasteiger partial charge on any atom is 0.213 e. The number of fused-ring (bicyclic) bond motifs is 2. The monoisotopic (exact) mass is 291 g/mol. The first-order chi connectivity index (χ1) is 10.2. The van der Waals surface area contributed by atoms with Gasteiger partial charge >= 0.3 is 0 Å². The number of para-hydroxylation sites is 2. The number of nitrogens with zero attached hydrogens (tertiary/aromatic N) is 2. The van der Waals surface area contributed by atoms with Crippen molar-refractivity contribution in [2.24, 2.45) is 7.05 Å². The summed E-state index contributed by atoms with van der Waals surface area (Å²) in [5.41, 5.74) is 4.78. The fourth-order valence-corrected chi connectivity index (χ4v) is 3.73. The molecule has 2 aromatic carbocycles. The Kier molecular flexibility index (Phi) is 2.76. The molecule has 4 aromatic rings. The summed E-state index contributed by atoms with van der Waals surface area (Å²) in [6.45, 7) is 2.14. The number of thiazole rings is 1. The number of aryl methyl sites for hydroxylation is 2. The van der Waals surface area contributed by atoms with Gasteiger partial charge in [-0.3, -0.25) is 0 Å². The quantitative estimate of drug-likeness (QED) is 0.479. The third-order valence-electron chi connectivity index (χ3n) is 3.96. The van der Waals surface area contributed by atoms with Gasteiger partial charge in [-0.05, 0) is 18.2 Å². The molecule has 0 N–H and O–H groups in total. The highest BCUT2D eigenvalue weighted by molar-refractivity contribution is 7.21. The smallest absolute Gasteiger partial charge is 0.213 e. The van der Waals surface area contributed by atoms with E-state index in [1.165, 1.54) is 26.9 Å². The first kappa shape index (κ1) is 12.5. The molecule has 0 spiro atoms. The Labute approximate surface area is 127 Å². The number of hydrogen-bond acceptors (Lipinski definition) is 2. The molecule has 0 saturated heterocycles. The lowest BCUT2D eigenvalue weighted by Gasteiger charge is -2.04. The number of benzene rings is 2. The average molecular weight is 291 g/mol. The van der Waals surface area contributed by atoms with E-state index in [0.717, 1.165) is 10.5 Å². The van der Waals surface area contributed by atoms with Gasteiger partial charge in [0.15, 0.2) is 5.69 Å². The van der Waals surface area contributed by atoms with Gasteiger partial charge in [0.25, 0.3) is 0 Å². The predicted octanol–water partition coefficient (Wildman–Crippen LogP) is 4.25. The van der Waals surface area contributed by atoms with Crippen LogP contribution < -0.4 is 4.57 Å². The minimum Gasteiger partial charge on any atom is -0.236 e. The predicted molar refractivity (Wildman–Crippen MR) is 88.5 cm³/mol. The van der Waals surface area contributed by atoms with Crippen LogP contribution in [-0.2, 0) is 7.05 Å². The van der Waals surface area contributed by atoms with Crippen LogP contribution in [0.15, 0.2) is 54.6 Å². The van der Waals surface area contributed by atoms with Gasteiger partial charge in [0.05, 0.1) is 15.6 Å². The van der Waals surface area contributed by atoms with Crippen LogP contribution in [0.2, 0.25) is 0 Å². The van der Waals surface area contributed by atoms with Crippen LogP contribution in [0.1, 0.15) is 5.69 Å². The Balaban J connectivity index is 2.08. The fourth-order valence-electron chi connectivity index (χ4n) is 2.73. The molecule has 0 amide bonds. The third-order valence-corrected chi connectivity index (χ3v) is 5.03. The van der Waals surface area contributed by atoms with Gasteiger partial charge in [0.1, 0.15) is 12.1 Å². The zero-order valence-corrected chi connectivity index (χ0v) is 12.8. The molecule has 0 aliphatic carbocycles. The molecule has 0 unspecified atom stereocenters. The SMILES string of the molecule is Cc1cc(-c2nc3ccccc3s2)c2ccccc2[n+]1C. The maximum atomic E-state index is 4.81. The lowest BCUT2D eigenvalue weighted by molar-refractivity contribution is -0.651. The second-order valence-corrected chi connectivity index (χ2v) is 6.29. The highest BCUT2D eigenvalue weighted by Crippen LogP contribution is 2.33. The molecule has 2 nitrogen and oxygen atoms in total. The van der Waals surface area contributed by atoms with E-state index in [1.54, 1.807) is 11.3 Å². The highest BCUT2D eigenvalue weighted by atomic mass is 32.1. The van der Waals surface area contributed by atoms with Crippen molar-refractivity contribution in [2.45, 2.75) is 6.92 Å². The number of aromatic nitrogens is 2. The first-order valence-corrected chi connectivity index (χ1v) is 7.80. The molecule has 0 aliphatic heterocycles. The Morgan fingerprint density at radius 1 is 1.00 bits per heavy atom. The number of rotatable bonds is 1. The lowest BCUT2D eigenvalue weighted by Crippen LogP contribution is -2.32. The molecule has 0 aliphatic rings. The molecular weight excluding hydrogens is 276 g/mol. The summed E-state index contributed by atoms with van der Waals surface area (Å²) < 4.78 is 3.47. The molecule has 0 radical (unpaired) electrons. The molecule has 21 heavy (non-hydrogen) atoms. The van der Waals surface area contributed by atoms with Crippen LogP contribution in [0.4, 0.5) is 0 Å². The summed E-state index contributed by atoms with van der Waals surface area (Å²) >= 11 is 1.76. The van der Waals surface area contributed by atoms with Crippen molar-refractivity contribution in [1.82, 2.24) is 4.98 Å². The van der Waals surface area contributed by atoms with E-state index in [9.17, 15) is 0 Å². The highest BCUT2D eigenvalue weighted by Gasteiger charge is 2.16. The zero-order chi connectivity index (χ0) is 14.4. The van der Waals surface area contributed by atoms with Gasteiger partial charge in [0.2, 0.25) is 5.52 Å². The second kappa shape index (κ2) is 4.64. The first-order valence-electron chi connectivity index (χ1n) is 6.98. The second-order valence-electron chi connectivity index (χ2n) is 5.26. The van der Waals surface area contributed by atoms with Crippen LogP contribution in [0.3, 0.4) is 0 Å². The molecule has 2 heterocycles. The standard InChI is InChI=1S/C18H15N2S/c1-12-11-14(13-7-3-5-9-16(13)20(12)2)18-19-15-8-4-6-10-17(15)21-18/h3-11H,1-2H3/q+1. The minimum atomic E-state index is 1.08. The summed E-state index contributed by atoms with van der Waals surface area (Å²) in [6.07, 6.45) is 0. The van der Waals surface area contributed by atoms with Crippen LogP contribution in [0, 0.1) is 6.92 Å². The van der Waals surface area contributed by atoms with Crippen LogP contribution in [0.25, 0.3) is 31.7 Å². The van der Waals surface area contributed by atoms with Gasteiger partial charge < -0.3 is 0 Å². The van der Waals surface area contributed by atoms with Crippen molar-refractivity contribution >= 4 is 32.5 Å². The summed E-state index contributed by atoms with van der Waals surface area (Å²) in [5.74, 6) is 0. The van der Waals surface area contributed by atoms with Gasteiger partial charge in [-0.15, -0.1) is 11.3 Å². The Morgan fingerprint density at radius 3 is 2.62 bits per heavy atom. The lowest BCUT2D eigenvalue weighted by atomic mass is 10.1. The van der Waals surface area contributed by atoms with Gasteiger partial charge in [0, 0.05) is 24.6 Å². The van der Waals surface area contributed by atoms with E-state index in [-0.39, 0.29) is 0 Å². The van der Waals surface area contributed by atoms with Crippen molar-refractivity contribution in [1.29, 1.82) is 0 Å². The summed E-state index contributed by atoms with van der Waals surface area (Å²) in [5, 5.41) is 2.35. The Bertz CT molecular complexity index is 936. The van der Waals surface area contributed by atoms with E-state index in [0.29, 0.717) is 0 Å². The zero-order valence-electron chi connectivity index (χ0n) is 12.0. The van der Waals surface area contributed by atoms with E-state index in [1.807, 2.05) is 6.07 Å². The average Bonchev–Trinajstić information content (AvgIpc) is 2.94. The van der Waals surface area contributed by atoms with Crippen LogP contribution in [0.5, 0.6) is 0 Å². The molecule has 0 atom stereocenters. The van der Waals surface area contributed by atoms with Gasteiger partial charge in [-0.1, -0.05) is 24.3 Å². The fraction of sp³-hybridized carbons (Fsp3) is 0.111. The van der Waals surface area contributed by atoms with Crippen molar-refractivity contribution in [2.75, 3.05) is 0 Å². The molecule has 3 heteroatoms. The summed E-state index contributed by atoms with van der Waals surface area (Å²) in [6, 6.07) is 19.1. The molecule has 4 rings (SSSR count). The van der Waals surface area contributed by atoms with E-state index in [2.05, 4.69) is 67.1 Å². The molecule has 0 bridgehead atoms. The molecular formula is C18H15N2S+. The van der Waals surface area contributed by atoms with E-state index in [4.69, 9.17) is 4.98 Å². The van der Waals surface area contributed by atoms with Crippen LogP contribution in [-0.4, -0.2) is 4.98 Å². The van der Waals surface area contributed by atoms with Crippen molar-refractivity contribution in [3.63, 3.8) is 0 Å². The van der Waals surface area contributed by atoms with Gasteiger partial charge in [-0.25, -0.2) is 4.98 Å². The summed E-state index contributed by atoms with van der Waals surface area (Å²) in [7, 11) is 2.11. The maximum absolute atomic E-state index is 4.81. The topological polar surface area (TPSA) is 16.8 Å². The summed E-state index contributed by atoms with van der Waals surface area (Å²) in [4.78, 5) is 4.81. The normalized spacial score (nSPS) is 11.3. The van der Waals surface area contributed by atoms with E-state index < -0.39 is 0 Å². The van der Waals surface area contributed by atoms with Crippen molar-refractivity contribution in [3.05, 3.63) is 60.3 Å². The minimum absolute atomic E-state index is 1.08. The van der Waals surface area contributed by atoms with E-state index >= 15 is 0 Å². The Morgan fingerprint density at radius 2 is 1.76 bits per heavy atom. The van der Waals surface area contributed by atoms with Crippen LogP contribution >= 0.6 is 11.3 Å². The van der Waals surface area contributed by atoms with Gasteiger partial charge in [-0.2, -0.15) is 4.57 Å².